The van der Waals surface area contributed by atoms with Crippen LogP contribution in [0, 0.1) is 0 Å². The number of likely N-dealkylation sites (tertiary alicyclic amines) is 1. The average molecular weight is 457 g/mol. The minimum Gasteiger partial charge on any atom is -0.490 e. The lowest BCUT2D eigenvalue weighted by atomic mass is 10.00. The van der Waals surface area contributed by atoms with E-state index >= 15 is 0 Å². The molecule has 1 unspecified atom stereocenters. The molecule has 0 N–H and O–H groups in total. The first-order valence-electron chi connectivity index (χ1n) is 12.1. The summed E-state index contributed by atoms with van der Waals surface area (Å²) in [5.41, 5.74) is 0.976. The molecule has 0 bridgehead atoms. The van der Waals surface area contributed by atoms with Crippen molar-refractivity contribution in [3.05, 3.63) is 47.9 Å². The molecule has 1 atom stereocenters. The highest BCUT2D eigenvalue weighted by atomic mass is 16.5. The summed E-state index contributed by atoms with van der Waals surface area (Å²) in [5, 5.41) is 0. The zero-order chi connectivity index (χ0) is 23.6. The van der Waals surface area contributed by atoms with Gasteiger partial charge >= 0.3 is 0 Å². The summed E-state index contributed by atoms with van der Waals surface area (Å²) in [6.45, 7) is 8.87. The maximum absolute atomic E-state index is 13.6. The summed E-state index contributed by atoms with van der Waals surface area (Å²) >= 11 is 0. The first-order valence-corrected chi connectivity index (χ1v) is 12.1. The second-order valence-electron chi connectivity index (χ2n) is 8.31. The van der Waals surface area contributed by atoms with Crippen molar-refractivity contribution in [1.82, 2.24) is 9.80 Å². The predicted octanol–water partition coefficient (Wildman–Crippen LogP) is 4.90. The van der Waals surface area contributed by atoms with Gasteiger partial charge < -0.3 is 23.7 Å². The molecular formula is C26H36N2O5. The molecule has 180 valence electrons. The van der Waals surface area contributed by atoms with Crippen molar-refractivity contribution in [1.29, 1.82) is 0 Å². The second-order valence-corrected chi connectivity index (χ2v) is 8.31. The third-order valence-electron chi connectivity index (χ3n) is 5.73. The number of ether oxygens (including phenoxy) is 2. The van der Waals surface area contributed by atoms with E-state index in [9.17, 15) is 9.59 Å². The van der Waals surface area contributed by atoms with Gasteiger partial charge in [-0.1, -0.05) is 19.9 Å². The van der Waals surface area contributed by atoms with Crippen molar-refractivity contribution in [2.45, 2.75) is 65.5 Å². The van der Waals surface area contributed by atoms with Gasteiger partial charge in [0.1, 0.15) is 6.04 Å². The van der Waals surface area contributed by atoms with Crippen molar-refractivity contribution < 1.29 is 23.5 Å². The van der Waals surface area contributed by atoms with Gasteiger partial charge in [-0.2, -0.15) is 0 Å². The highest BCUT2D eigenvalue weighted by molar-refractivity contribution is 5.95. The van der Waals surface area contributed by atoms with E-state index in [0.717, 1.165) is 37.0 Å². The van der Waals surface area contributed by atoms with Crippen LogP contribution in [0.4, 0.5) is 0 Å². The quantitative estimate of drug-likeness (QED) is 0.481. The molecule has 7 heteroatoms. The van der Waals surface area contributed by atoms with E-state index in [0.29, 0.717) is 45.0 Å². The smallest absolute Gasteiger partial charge is 0.290 e. The molecule has 0 aliphatic carbocycles. The zero-order valence-electron chi connectivity index (χ0n) is 20.0. The van der Waals surface area contributed by atoms with Crippen LogP contribution >= 0.6 is 0 Å². The molecule has 0 spiro atoms. The Balaban J connectivity index is 1.79. The maximum atomic E-state index is 13.6. The Bertz CT molecular complexity index is 896. The lowest BCUT2D eigenvalue weighted by molar-refractivity contribution is -0.138. The van der Waals surface area contributed by atoms with E-state index in [4.69, 9.17) is 13.9 Å². The predicted molar refractivity (Wildman–Crippen MR) is 126 cm³/mol. The summed E-state index contributed by atoms with van der Waals surface area (Å²) in [5.74, 6) is 1.46. The van der Waals surface area contributed by atoms with Gasteiger partial charge in [0.05, 0.1) is 19.5 Å². The number of nitrogens with zero attached hydrogens (tertiary/aromatic N) is 2. The van der Waals surface area contributed by atoms with E-state index in [2.05, 4.69) is 13.8 Å². The fourth-order valence-corrected chi connectivity index (χ4v) is 4.19. The van der Waals surface area contributed by atoms with Crippen molar-refractivity contribution in [3.8, 4) is 11.5 Å². The SMILES string of the molecule is CCCOc1ccc(CN(CCC)C(=O)C2CCCCN2C(=O)c2ccco2)cc1OCC. The lowest BCUT2D eigenvalue weighted by Crippen LogP contribution is -2.53. The van der Waals surface area contributed by atoms with E-state index in [1.54, 1.807) is 17.0 Å². The maximum Gasteiger partial charge on any atom is 0.290 e. The largest absolute Gasteiger partial charge is 0.490 e. The van der Waals surface area contributed by atoms with Crippen LogP contribution in [0.25, 0.3) is 0 Å². The molecule has 2 aromatic rings. The molecule has 1 aromatic carbocycles. The molecule has 2 amide bonds. The number of carbonyl (C=O) groups is 2. The molecule has 1 aromatic heterocycles. The molecule has 1 aliphatic rings. The Morgan fingerprint density at radius 1 is 1.09 bits per heavy atom. The summed E-state index contributed by atoms with van der Waals surface area (Å²) in [6, 6.07) is 8.73. The normalized spacial score (nSPS) is 15.8. The van der Waals surface area contributed by atoms with Crippen LogP contribution in [0.1, 0.15) is 69.0 Å². The standard InChI is InChI=1S/C26H36N2O5/c1-4-14-27(19-20-12-13-22(32-16-5-2)24(18-20)31-6-3)25(29)21-10-7-8-15-28(21)26(30)23-11-9-17-33-23/h9,11-13,17-18,21H,4-8,10,14-16,19H2,1-3H3. The Kier molecular flexibility index (Phi) is 9.22. The zero-order valence-corrected chi connectivity index (χ0v) is 20.0. The highest BCUT2D eigenvalue weighted by Gasteiger charge is 2.36. The van der Waals surface area contributed by atoms with Crippen LogP contribution in [0.5, 0.6) is 11.5 Å². The minimum absolute atomic E-state index is 0.0132. The Morgan fingerprint density at radius 3 is 2.64 bits per heavy atom. The van der Waals surface area contributed by atoms with Gasteiger partial charge in [0.25, 0.3) is 5.91 Å². The molecule has 1 fully saturated rings. The Morgan fingerprint density at radius 2 is 1.94 bits per heavy atom. The first-order chi connectivity index (χ1) is 16.1. The molecular weight excluding hydrogens is 420 g/mol. The topological polar surface area (TPSA) is 72.2 Å². The number of furan rings is 1. The monoisotopic (exact) mass is 456 g/mol. The van der Waals surface area contributed by atoms with Crippen LogP contribution in [0.2, 0.25) is 0 Å². The van der Waals surface area contributed by atoms with Crippen LogP contribution in [0.3, 0.4) is 0 Å². The fraction of sp³-hybridized carbons (Fsp3) is 0.538. The molecule has 0 saturated carbocycles. The van der Waals surface area contributed by atoms with Gasteiger partial charge in [-0.3, -0.25) is 9.59 Å². The fourth-order valence-electron chi connectivity index (χ4n) is 4.19. The highest BCUT2D eigenvalue weighted by Crippen LogP contribution is 2.30. The van der Waals surface area contributed by atoms with Crippen molar-refractivity contribution in [2.24, 2.45) is 0 Å². The molecule has 0 radical (unpaired) electrons. The molecule has 7 nitrogen and oxygen atoms in total. The van der Waals surface area contributed by atoms with Gasteiger partial charge in [-0.15, -0.1) is 0 Å². The number of benzene rings is 1. The van der Waals surface area contributed by atoms with Crippen molar-refractivity contribution in [3.63, 3.8) is 0 Å². The van der Waals surface area contributed by atoms with Gasteiger partial charge in [0.2, 0.25) is 5.91 Å². The number of piperidine rings is 1. The van der Waals surface area contributed by atoms with Gasteiger partial charge in [-0.25, -0.2) is 0 Å². The number of hydrogen-bond donors (Lipinski definition) is 0. The number of carbonyl (C=O) groups excluding carboxylic acids is 2. The summed E-state index contributed by atoms with van der Waals surface area (Å²) in [4.78, 5) is 30.2. The van der Waals surface area contributed by atoms with Crippen LogP contribution in [0.15, 0.2) is 41.0 Å². The second kappa shape index (κ2) is 12.3. The third-order valence-corrected chi connectivity index (χ3v) is 5.73. The molecule has 2 heterocycles. The summed E-state index contributed by atoms with van der Waals surface area (Å²) in [7, 11) is 0. The van der Waals surface area contributed by atoms with E-state index in [-0.39, 0.29) is 17.6 Å². The van der Waals surface area contributed by atoms with E-state index < -0.39 is 6.04 Å². The van der Waals surface area contributed by atoms with E-state index in [1.807, 2.05) is 30.0 Å². The van der Waals surface area contributed by atoms with Gasteiger partial charge in [0, 0.05) is 19.6 Å². The summed E-state index contributed by atoms with van der Waals surface area (Å²) < 4.78 is 16.9. The van der Waals surface area contributed by atoms with Gasteiger partial charge in [0.15, 0.2) is 17.3 Å². The molecule has 1 aliphatic heterocycles. The number of hydrogen-bond acceptors (Lipinski definition) is 5. The van der Waals surface area contributed by atoms with Crippen LogP contribution in [-0.2, 0) is 11.3 Å². The molecule has 1 saturated heterocycles. The Labute approximate surface area is 196 Å². The molecule has 3 rings (SSSR count). The van der Waals surface area contributed by atoms with E-state index in [1.165, 1.54) is 6.26 Å². The Hall–Kier alpha value is -2.96. The van der Waals surface area contributed by atoms with Crippen molar-refractivity contribution in [2.75, 3.05) is 26.3 Å². The molecule has 33 heavy (non-hydrogen) atoms. The first kappa shape index (κ1) is 24.7. The summed E-state index contributed by atoms with van der Waals surface area (Å²) in [6.07, 6.45) is 5.72. The van der Waals surface area contributed by atoms with Crippen LogP contribution in [-0.4, -0.2) is 54.0 Å². The lowest BCUT2D eigenvalue weighted by Gasteiger charge is -2.37. The van der Waals surface area contributed by atoms with Crippen LogP contribution < -0.4 is 9.47 Å². The third kappa shape index (κ3) is 6.30. The van der Waals surface area contributed by atoms with Crippen molar-refractivity contribution >= 4 is 11.8 Å². The minimum atomic E-state index is -0.471. The number of amides is 2. The number of rotatable bonds is 11. The average Bonchev–Trinajstić information content (AvgIpc) is 3.38. The van der Waals surface area contributed by atoms with Gasteiger partial charge in [-0.05, 0) is 68.9 Å².